The maximum absolute atomic E-state index is 5.77. The Morgan fingerprint density at radius 1 is 1.20 bits per heavy atom. The molecule has 1 saturated heterocycles. The van der Waals surface area contributed by atoms with E-state index < -0.39 is 0 Å². The number of nitrogens with one attached hydrogen (secondary N) is 1. The topological polar surface area (TPSA) is 24.5 Å². The third-order valence-corrected chi connectivity index (χ3v) is 4.99. The molecule has 0 bridgehead atoms. The van der Waals surface area contributed by atoms with Gasteiger partial charge in [-0.2, -0.15) is 0 Å². The van der Waals surface area contributed by atoms with Gasteiger partial charge in [0, 0.05) is 25.7 Å². The van der Waals surface area contributed by atoms with Crippen molar-refractivity contribution in [2.24, 2.45) is 11.8 Å². The quantitative estimate of drug-likeness (QED) is 0.777. The van der Waals surface area contributed by atoms with Gasteiger partial charge in [-0.05, 0) is 64.0 Å². The predicted molar refractivity (Wildman–Crippen MR) is 85.1 cm³/mol. The van der Waals surface area contributed by atoms with Gasteiger partial charge in [-0.25, -0.2) is 0 Å². The molecule has 1 heterocycles. The lowest BCUT2D eigenvalue weighted by molar-refractivity contribution is 0.0683. The first-order valence-corrected chi connectivity index (χ1v) is 8.72. The lowest BCUT2D eigenvalue weighted by Crippen LogP contribution is -2.46. The van der Waals surface area contributed by atoms with Crippen molar-refractivity contribution in [2.45, 2.75) is 64.5 Å². The van der Waals surface area contributed by atoms with E-state index in [0.29, 0.717) is 6.10 Å². The van der Waals surface area contributed by atoms with Crippen molar-refractivity contribution in [2.75, 3.05) is 33.3 Å². The van der Waals surface area contributed by atoms with E-state index >= 15 is 0 Å². The zero-order valence-electron chi connectivity index (χ0n) is 13.7. The molecular formula is C17H34N2O. The van der Waals surface area contributed by atoms with E-state index in [1.54, 1.807) is 0 Å². The largest absolute Gasteiger partial charge is 0.377 e. The Balaban J connectivity index is 1.79. The van der Waals surface area contributed by atoms with E-state index in [1.165, 1.54) is 51.6 Å². The van der Waals surface area contributed by atoms with Crippen LogP contribution in [0.1, 0.15) is 52.4 Å². The molecule has 3 nitrogen and oxygen atoms in total. The average molecular weight is 282 g/mol. The van der Waals surface area contributed by atoms with Crippen LogP contribution >= 0.6 is 0 Å². The Kier molecular flexibility index (Phi) is 6.79. The summed E-state index contributed by atoms with van der Waals surface area (Å²) in [6.07, 6.45) is 8.38. The number of rotatable bonds is 7. The van der Waals surface area contributed by atoms with Gasteiger partial charge in [-0.15, -0.1) is 0 Å². The lowest BCUT2D eigenvalue weighted by Gasteiger charge is -2.38. The van der Waals surface area contributed by atoms with E-state index in [4.69, 9.17) is 4.74 Å². The molecule has 4 atom stereocenters. The van der Waals surface area contributed by atoms with Crippen LogP contribution in [0, 0.1) is 11.8 Å². The fourth-order valence-electron chi connectivity index (χ4n) is 3.91. The van der Waals surface area contributed by atoms with Crippen molar-refractivity contribution in [3.05, 3.63) is 0 Å². The highest BCUT2D eigenvalue weighted by molar-refractivity contribution is 4.85. The summed E-state index contributed by atoms with van der Waals surface area (Å²) in [5.74, 6) is 1.72. The van der Waals surface area contributed by atoms with Gasteiger partial charge < -0.3 is 15.0 Å². The predicted octanol–water partition coefficient (Wildman–Crippen LogP) is 2.90. The average Bonchev–Trinajstić information content (AvgIpc) is 2.90. The number of ether oxygens (including phenoxy) is 1. The highest BCUT2D eigenvalue weighted by Crippen LogP contribution is 2.30. The maximum atomic E-state index is 5.77. The van der Waals surface area contributed by atoms with Gasteiger partial charge in [0.1, 0.15) is 0 Å². The lowest BCUT2D eigenvalue weighted by atomic mass is 9.78. The third-order valence-electron chi connectivity index (χ3n) is 4.99. The molecule has 2 aliphatic rings. The highest BCUT2D eigenvalue weighted by atomic mass is 16.5. The Hall–Kier alpha value is -0.120. The third kappa shape index (κ3) is 5.01. The van der Waals surface area contributed by atoms with Gasteiger partial charge in [0.05, 0.1) is 6.10 Å². The van der Waals surface area contributed by atoms with Gasteiger partial charge in [0.15, 0.2) is 0 Å². The second kappa shape index (κ2) is 8.35. The van der Waals surface area contributed by atoms with Crippen LogP contribution in [0.5, 0.6) is 0 Å². The van der Waals surface area contributed by atoms with Gasteiger partial charge in [-0.1, -0.05) is 13.8 Å². The van der Waals surface area contributed by atoms with Crippen molar-refractivity contribution in [3.63, 3.8) is 0 Å². The van der Waals surface area contributed by atoms with Crippen LogP contribution < -0.4 is 5.32 Å². The van der Waals surface area contributed by atoms with E-state index in [1.807, 2.05) is 0 Å². The first-order chi connectivity index (χ1) is 9.69. The summed E-state index contributed by atoms with van der Waals surface area (Å²) in [5.41, 5.74) is 0. The summed E-state index contributed by atoms with van der Waals surface area (Å²) < 4.78 is 5.77. The molecule has 2 fully saturated rings. The van der Waals surface area contributed by atoms with E-state index in [0.717, 1.165) is 31.0 Å². The van der Waals surface area contributed by atoms with Crippen LogP contribution in [0.3, 0.4) is 0 Å². The molecule has 4 unspecified atom stereocenters. The summed E-state index contributed by atoms with van der Waals surface area (Å²) in [6, 6.07) is 0.734. The highest BCUT2D eigenvalue weighted by Gasteiger charge is 2.29. The molecule has 0 aromatic carbocycles. The fraction of sp³-hybridized carbons (Fsp3) is 1.00. The normalized spacial score (nSPS) is 34.8. The minimum atomic E-state index is 0.489. The number of hydrogen-bond acceptors (Lipinski definition) is 3. The van der Waals surface area contributed by atoms with Crippen LogP contribution in [0.2, 0.25) is 0 Å². The van der Waals surface area contributed by atoms with Gasteiger partial charge in [-0.3, -0.25) is 0 Å². The summed E-state index contributed by atoms with van der Waals surface area (Å²) in [7, 11) is 2.28. The molecule has 1 aliphatic heterocycles. The fourth-order valence-corrected chi connectivity index (χ4v) is 3.91. The Bertz CT molecular complexity index is 264. The number of nitrogens with zero attached hydrogens (tertiary/aromatic N) is 1. The summed E-state index contributed by atoms with van der Waals surface area (Å²) in [5, 5.41) is 3.78. The standard InChI is InChI=1S/C17H34N2O/c1-4-9-18-17-8-7-14(2)11-15(17)12-19(3)13-16-6-5-10-20-16/h14-18H,4-13H2,1-3H3. The molecule has 2 rings (SSSR count). The van der Waals surface area contributed by atoms with Crippen molar-refractivity contribution in [1.29, 1.82) is 0 Å². The Morgan fingerprint density at radius 2 is 2.05 bits per heavy atom. The molecule has 0 aromatic rings. The van der Waals surface area contributed by atoms with Crippen LogP contribution in [0.15, 0.2) is 0 Å². The van der Waals surface area contributed by atoms with Crippen molar-refractivity contribution in [3.8, 4) is 0 Å². The molecule has 0 radical (unpaired) electrons. The molecule has 1 N–H and O–H groups in total. The molecular weight excluding hydrogens is 248 g/mol. The molecule has 118 valence electrons. The molecule has 0 aromatic heterocycles. The zero-order chi connectivity index (χ0) is 14.4. The molecule has 0 amide bonds. The van der Waals surface area contributed by atoms with Crippen LogP contribution in [-0.2, 0) is 4.74 Å². The molecule has 1 saturated carbocycles. The second-order valence-corrected chi connectivity index (χ2v) is 7.10. The van der Waals surface area contributed by atoms with Crippen molar-refractivity contribution >= 4 is 0 Å². The van der Waals surface area contributed by atoms with Gasteiger partial charge >= 0.3 is 0 Å². The number of likely N-dealkylation sites (N-methyl/N-ethyl adjacent to an activating group) is 1. The summed E-state index contributed by atoms with van der Waals surface area (Å²) >= 11 is 0. The first kappa shape index (κ1) is 16.3. The van der Waals surface area contributed by atoms with Crippen molar-refractivity contribution < 1.29 is 4.74 Å². The summed E-state index contributed by atoms with van der Waals surface area (Å²) in [4.78, 5) is 2.51. The Labute approximate surface area is 125 Å². The summed E-state index contributed by atoms with van der Waals surface area (Å²) in [6.45, 7) is 9.17. The second-order valence-electron chi connectivity index (χ2n) is 7.10. The smallest absolute Gasteiger partial charge is 0.0702 e. The SMILES string of the molecule is CCCNC1CCC(C)CC1CN(C)CC1CCCO1. The zero-order valence-corrected chi connectivity index (χ0v) is 13.7. The minimum absolute atomic E-state index is 0.489. The van der Waals surface area contributed by atoms with Crippen LogP contribution in [0.25, 0.3) is 0 Å². The van der Waals surface area contributed by atoms with E-state index in [2.05, 4.69) is 31.1 Å². The molecule has 1 aliphatic carbocycles. The molecule has 3 heteroatoms. The van der Waals surface area contributed by atoms with E-state index in [-0.39, 0.29) is 0 Å². The Morgan fingerprint density at radius 3 is 2.75 bits per heavy atom. The first-order valence-electron chi connectivity index (χ1n) is 8.72. The minimum Gasteiger partial charge on any atom is -0.377 e. The van der Waals surface area contributed by atoms with Crippen LogP contribution in [0.4, 0.5) is 0 Å². The monoisotopic (exact) mass is 282 g/mol. The van der Waals surface area contributed by atoms with Gasteiger partial charge in [0.2, 0.25) is 0 Å². The van der Waals surface area contributed by atoms with Crippen LogP contribution in [-0.4, -0.2) is 50.3 Å². The molecule has 20 heavy (non-hydrogen) atoms. The number of hydrogen-bond donors (Lipinski definition) is 1. The maximum Gasteiger partial charge on any atom is 0.0702 e. The van der Waals surface area contributed by atoms with Crippen molar-refractivity contribution in [1.82, 2.24) is 10.2 Å². The van der Waals surface area contributed by atoms with Gasteiger partial charge in [0.25, 0.3) is 0 Å². The molecule has 0 spiro atoms. The van der Waals surface area contributed by atoms with E-state index in [9.17, 15) is 0 Å².